The van der Waals surface area contributed by atoms with Crippen molar-refractivity contribution in [2.75, 3.05) is 0 Å². The van der Waals surface area contributed by atoms with Gasteiger partial charge in [-0.15, -0.1) is 0 Å². The lowest BCUT2D eigenvalue weighted by molar-refractivity contribution is 0.100. The molecule has 0 saturated heterocycles. The van der Waals surface area contributed by atoms with E-state index in [0.717, 1.165) is 0 Å². The van der Waals surface area contributed by atoms with Crippen molar-refractivity contribution in [1.82, 2.24) is 4.98 Å². The molecule has 0 aliphatic heterocycles. The molecule has 0 unspecified atom stereocenters. The van der Waals surface area contributed by atoms with Gasteiger partial charge in [0.1, 0.15) is 0 Å². The lowest BCUT2D eigenvalue weighted by atomic mass is 10.2. The van der Waals surface area contributed by atoms with Crippen molar-refractivity contribution in [3.8, 4) is 0 Å². The molecule has 0 aliphatic carbocycles. The Morgan fingerprint density at radius 2 is 2.31 bits per heavy atom. The van der Waals surface area contributed by atoms with Gasteiger partial charge in [0.2, 0.25) is 0 Å². The second-order valence-electron chi connectivity index (χ2n) is 2.49. The third-order valence-electron chi connectivity index (χ3n) is 1.65. The molecule has 0 spiro atoms. The highest BCUT2D eigenvalue weighted by Gasteiger charge is 2.09. The topological polar surface area (TPSA) is 89.1 Å². The number of carbonyl (C=O) groups is 1. The first kappa shape index (κ1) is 7.60. The first-order valence-corrected chi connectivity index (χ1v) is 3.51. The van der Waals surface area contributed by atoms with E-state index >= 15 is 0 Å². The number of H-pyrrole nitrogens is 1. The van der Waals surface area contributed by atoms with Gasteiger partial charge < -0.3 is 10.2 Å². The molecular weight excluding hydrogens is 172 g/mol. The number of oxazole rings is 1. The summed E-state index contributed by atoms with van der Waals surface area (Å²) in [6, 6.07) is 5.50. The van der Waals surface area contributed by atoms with Gasteiger partial charge in [-0.1, -0.05) is 0 Å². The summed E-state index contributed by atoms with van der Waals surface area (Å²) in [4.78, 5) is 24.0. The van der Waals surface area contributed by atoms with Crippen molar-refractivity contribution >= 4 is 17.0 Å². The maximum absolute atomic E-state index is 10.9. The monoisotopic (exact) mass is 177 g/mol. The first-order chi connectivity index (χ1) is 6.18. The normalized spacial score (nSPS) is 10.5. The van der Waals surface area contributed by atoms with E-state index in [1.807, 2.05) is 0 Å². The van der Waals surface area contributed by atoms with E-state index in [-0.39, 0.29) is 11.1 Å². The zero-order valence-electron chi connectivity index (χ0n) is 6.46. The Kier molecular flexibility index (Phi) is 1.45. The predicted octanol–water partition coefficient (Wildman–Crippen LogP) is 0.0202. The largest absolute Gasteiger partial charge is 0.417 e. The van der Waals surface area contributed by atoms with Crippen LogP contribution < -0.4 is 11.5 Å². The van der Waals surface area contributed by atoms with Gasteiger partial charge in [-0.3, -0.25) is 9.78 Å². The van der Waals surface area contributed by atoms with Crippen LogP contribution in [-0.2, 0) is 0 Å². The Balaban J connectivity index is 2.90. The van der Waals surface area contributed by atoms with Crippen LogP contribution in [0.25, 0.3) is 11.1 Å². The number of benzene rings is 1. The number of nitrogens with one attached hydrogen (secondary N) is 1. The van der Waals surface area contributed by atoms with Crippen molar-refractivity contribution in [3.63, 3.8) is 0 Å². The van der Waals surface area contributed by atoms with Crippen LogP contribution in [0.3, 0.4) is 0 Å². The van der Waals surface area contributed by atoms with Crippen LogP contribution in [0.4, 0.5) is 0 Å². The van der Waals surface area contributed by atoms with Crippen LogP contribution in [0.2, 0.25) is 0 Å². The number of primary amides is 1. The van der Waals surface area contributed by atoms with Gasteiger partial charge in [0, 0.05) is 0 Å². The molecule has 5 heteroatoms. The van der Waals surface area contributed by atoms with E-state index in [1.54, 1.807) is 0 Å². The molecule has 0 atom stereocenters. The number of carbonyl (C=O) groups excluding carboxylic acids is 1. The number of aromatic nitrogens is 1. The number of nitrogens with two attached hydrogens (primary N) is 1. The standard InChI is InChI=1S/C8H5N2O3/c9-7(11)4-2-1-3-5-6(4)10-8(12)13-5/h2-3H,(H2,9,11)(H,10,12). The molecule has 0 saturated carbocycles. The number of fused-ring (bicyclic) bond motifs is 1. The minimum Gasteiger partial charge on any atom is -0.408 e. The quantitative estimate of drug-likeness (QED) is 0.643. The molecule has 1 amide bonds. The van der Waals surface area contributed by atoms with Crippen LogP contribution in [0.15, 0.2) is 21.3 Å². The summed E-state index contributed by atoms with van der Waals surface area (Å²) >= 11 is 0. The van der Waals surface area contributed by atoms with Crippen molar-refractivity contribution in [3.05, 3.63) is 34.3 Å². The second kappa shape index (κ2) is 2.48. The second-order valence-corrected chi connectivity index (χ2v) is 2.49. The summed E-state index contributed by atoms with van der Waals surface area (Å²) in [5.41, 5.74) is 5.86. The molecule has 0 fully saturated rings. The van der Waals surface area contributed by atoms with Crippen LogP contribution in [0, 0.1) is 6.07 Å². The summed E-state index contributed by atoms with van der Waals surface area (Å²) in [6.45, 7) is 0. The molecule has 1 aromatic carbocycles. The predicted molar refractivity (Wildman–Crippen MR) is 44.2 cm³/mol. The summed E-state index contributed by atoms with van der Waals surface area (Å²) in [5.74, 6) is -1.24. The Labute approximate surface area is 72.2 Å². The van der Waals surface area contributed by atoms with E-state index in [1.165, 1.54) is 12.1 Å². The van der Waals surface area contributed by atoms with Crippen LogP contribution in [0.1, 0.15) is 10.4 Å². The molecule has 0 bridgehead atoms. The molecule has 3 N–H and O–H groups in total. The molecule has 1 radical (unpaired) electrons. The fourth-order valence-electron chi connectivity index (χ4n) is 1.11. The Hall–Kier alpha value is -2.04. The third kappa shape index (κ3) is 1.10. The van der Waals surface area contributed by atoms with Crippen molar-refractivity contribution in [2.24, 2.45) is 5.73 Å². The first-order valence-electron chi connectivity index (χ1n) is 3.51. The summed E-state index contributed by atoms with van der Waals surface area (Å²) in [5, 5.41) is 0. The lowest BCUT2D eigenvalue weighted by Gasteiger charge is -1.93. The zero-order chi connectivity index (χ0) is 9.42. The fraction of sp³-hybridized carbons (Fsp3) is 0. The Morgan fingerprint density at radius 1 is 1.54 bits per heavy atom. The molecule has 1 heterocycles. The van der Waals surface area contributed by atoms with Gasteiger partial charge in [-0.25, -0.2) is 4.79 Å². The smallest absolute Gasteiger partial charge is 0.408 e. The minimum atomic E-state index is -0.626. The number of aromatic amines is 1. The highest BCUT2D eigenvalue weighted by molar-refractivity contribution is 6.03. The highest BCUT2D eigenvalue weighted by atomic mass is 16.4. The van der Waals surface area contributed by atoms with Crippen molar-refractivity contribution in [2.45, 2.75) is 0 Å². The van der Waals surface area contributed by atoms with Gasteiger partial charge in [-0.2, -0.15) is 0 Å². The van der Waals surface area contributed by atoms with Crippen LogP contribution in [-0.4, -0.2) is 10.9 Å². The molecule has 5 nitrogen and oxygen atoms in total. The van der Waals surface area contributed by atoms with E-state index in [9.17, 15) is 9.59 Å². The minimum absolute atomic E-state index is 0.198. The summed E-state index contributed by atoms with van der Waals surface area (Å²) in [7, 11) is 0. The molecule has 2 aromatic rings. The summed E-state index contributed by atoms with van der Waals surface area (Å²) < 4.78 is 4.71. The van der Waals surface area contributed by atoms with E-state index in [4.69, 9.17) is 10.2 Å². The third-order valence-corrected chi connectivity index (χ3v) is 1.65. The lowest BCUT2D eigenvalue weighted by Crippen LogP contribution is -2.11. The van der Waals surface area contributed by atoms with E-state index < -0.39 is 11.7 Å². The summed E-state index contributed by atoms with van der Waals surface area (Å²) in [6.07, 6.45) is 0. The van der Waals surface area contributed by atoms with Gasteiger partial charge >= 0.3 is 5.76 Å². The average Bonchev–Trinajstić information content (AvgIpc) is 2.43. The molecule has 0 aliphatic rings. The Morgan fingerprint density at radius 3 is 3.00 bits per heavy atom. The van der Waals surface area contributed by atoms with E-state index in [2.05, 4.69) is 11.1 Å². The number of amides is 1. The number of rotatable bonds is 1. The van der Waals surface area contributed by atoms with E-state index in [0.29, 0.717) is 5.52 Å². The Bertz CT molecular complexity index is 523. The number of hydrogen-bond acceptors (Lipinski definition) is 3. The highest BCUT2D eigenvalue weighted by Crippen LogP contribution is 2.13. The van der Waals surface area contributed by atoms with Crippen molar-refractivity contribution < 1.29 is 9.21 Å². The van der Waals surface area contributed by atoms with Crippen LogP contribution in [0.5, 0.6) is 0 Å². The van der Waals surface area contributed by atoms with Gasteiger partial charge in [-0.05, 0) is 18.2 Å². The SMILES string of the molecule is NC(=O)c1c[c]cc2oc(=O)[nH]c12. The fourth-order valence-corrected chi connectivity index (χ4v) is 1.11. The maximum atomic E-state index is 10.9. The maximum Gasteiger partial charge on any atom is 0.417 e. The molecule has 13 heavy (non-hydrogen) atoms. The van der Waals surface area contributed by atoms with Gasteiger partial charge in [0.05, 0.1) is 11.1 Å². The van der Waals surface area contributed by atoms with Gasteiger partial charge in [0.15, 0.2) is 5.58 Å². The van der Waals surface area contributed by atoms with Gasteiger partial charge in [0.25, 0.3) is 5.91 Å². The molecule has 1 aromatic heterocycles. The average molecular weight is 177 g/mol. The number of hydrogen-bond donors (Lipinski definition) is 2. The molecular formula is C8H5N2O3. The van der Waals surface area contributed by atoms with Crippen LogP contribution >= 0.6 is 0 Å². The molecule has 2 rings (SSSR count). The van der Waals surface area contributed by atoms with Crippen molar-refractivity contribution in [1.29, 1.82) is 0 Å². The zero-order valence-corrected chi connectivity index (χ0v) is 6.46. The molecule has 65 valence electrons.